The lowest BCUT2D eigenvalue weighted by Gasteiger charge is -2.00. The average Bonchev–Trinajstić information content (AvgIpc) is 2.81. The second kappa shape index (κ2) is 5.44. The first-order valence-corrected chi connectivity index (χ1v) is 5.65. The molecule has 1 aromatic heterocycles. The van der Waals surface area contributed by atoms with E-state index in [0.29, 0.717) is 24.4 Å². The molecule has 0 aliphatic carbocycles. The number of benzene rings is 1. The fourth-order valence-electron chi connectivity index (χ4n) is 1.59. The molecular formula is C13H13FN2O2. The van der Waals surface area contributed by atoms with Crippen LogP contribution in [0.3, 0.4) is 0 Å². The highest BCUT2D eigenvalue weighted by atomic mass is 19.1. The van der Waals surface area contributed by atoms with Gasteiger partial charge in [0.1, 0.15) is 17.3 Å². The van der Waals surface area contributed by atoms with E-state index in [4.69, 9.17) is 4.74 Å². The molecule has 0 fully saturated rings. The van der Waals surface area contributed by atoms with Gasteiger partial charge in [-0.15, -0.1) is 0 Å². The summed E-state index contributed by atoms with van der Waals surface area (Å²) in [5.74, 6) is -0.209. The van der Waals surface area contributed by atoms with E-state index in [2.05, 4.69) is 9.97 Å². The Kier molecular flexibility index (Phi) is 3.72. The minimum Gasteiger partial charge on any atom is -0.461 e. The number of esters is 1. The number of hydrogen-bond donors (Lipinski definition) is 1. The van der Waals surface area contributed by atoms with Crippen LogP contribution in [0.15, 0.2) is 30.5 Å². The van der Waals surface area contributed by atoms with E-state index in [1.807, 2.05) is 0 Å². The predicted molar refractivity (Wildman–Crippen MR) is 63.8 cm³/mol. The lowest BCUT2D eigenvalue weighted by molar-refractivity contribution is 0.0520. The summed E-state index contributed by atoms with van der Waals surface area (Å²) < 4.78 is 18.3. The molecular weight excluding hydrogens is 235 g/mol. The van der Waals surface area contributed by atoms with Gasteiger partial charge in [-0.25, -0.2) is 14.2 Å². The number of halogens is 1. The van der Waals surface area contributed by atoms with Gasteiger partial charge in [-0.05, 0) is 18.6 Å². The Morgan fingerprint density at radius 3 is 2.94 bits per heavy atom. The number of rotatable bonds is 4. The fraction of sp³-hybridized carbons (Fsp3) is 0.231. The first-order valence-electron chi connectivity index (χ1n) is 5.65. The molecule has 0 spiro atoms. The van der Waals surface area contributed by atoms with Gasteiger partial charge in [-0.2, -0.15) is 0 Å². The maximum Gasteiger partial charge on any atom is 0.356 e. The molecule has 0 saturated heterocycles. The molecule has 1 heterocycles. The van der Waals surface area contributed by atoms with E-state index in [-0.39, 0.29) is 11.5 Å². The van der Waals surface area contributed by atoms with Gasteiger partial charge in [0.2, 0.25) is 0 Å². The molecule has 0 aliphatic rings. The van der Waals surface area contributed by atoms with Crippen molar-refractivity contribution < 1.29 is 13.9 Å². The van der Waals surface area contributed by atoms with Gasteiger partial charge in [0.15, 0.2) is 0 Å². The van der Waals surface area contributed by atoms with Crippen molar-refractivity contribution in [3.05, 3.63) is 53.4 Å². The maximum atomic E-state index is 13.4. The summed E-state index contributed by atoms with van der Waals surface area (Å²) in [6, 6.07) is 6.46. The van der Waals surface area contributed by atoms with Gasteiger partial charge in [0, 0.05) is 6.42 Å². The van der Waals surface area contributed by atoms with Crippen molar-refractivity contribution in [2.45, 2.75) is 13.3 Å². The van der Waals surface area contributed by atoms with Gasteiger partial charge >= 0.3 is 5.97 Å². The second-order valence-electron chi connectivity index (χ2n) is 3.73. The van der Waals surface area contributed by atoms with Crippen molar-refractivity contribution >= 4 is 5.97 Å². The molecule has 4 nitrogen and oxygen atoms in total. The molecule has 1 N–H and O–H groups in total. The van der Waals surface area contributed by atoms with Crippen molar-refractivity contribution in [2.75, 3.05) is 6.61 Å². The zero-order valence-electron chi connectivity index (χ0n) is 9.94. The van der Waals surface area contributed by atoms with Gasteiger partial charge in [0.05, 0.1) is 12.8 Å². The van der Waals surface area contributed by atoms with Gasteiger partial charge in [-0.3, -0.25) is 0 Å². The Bertz CT molecular complexity index is 551. The Balaban J connectivity index is 2.12. The normalized spacial score (nSPS) is 10.3. The van der Waals surface area contributed by atoms with Crippen LogP contribution < -0.4 is 0 Å². The largest absolute Gasteiger partial charge is 0.461 e. The van der Waals surface area contributed by atoms with Crippen molar-refractivity contribution in [2.24, 2.45) is 0 Å². The van der Waals surface area contributed by atoms with Crippen LogP contribution in [-0.2, 0) is 11.2 Å². The number of ether oxygens (including phenoxy) is 1. The summed E-state index contributed by atoms with van der Waals surface area (Å²) in [5.41, 5.74) is 0.811. The standard InChI is InChI=1S/C13H13FN2O2/c1-2-18-13(17)11-8-15-12(16-11)7-9-5-3-4-6-10(9)14/h3-6,8H,2,7H2,1H3,(H,15,16). The van der Waals surface area contributed by atoms with Crippen molar-refractivity contribution in [1.82, 2.24) is 9.97 Å². The summed E-state index contributed by atoms with van der Waals surface area (Å²) in [4.78, 5) is 18.3. The molecule has 0 bridgehead atoms. The summed E-state index contributed by atoms with van der Waals surface area (Å²) >= 11 is 0. The summed E-state index contributed by atoms with van der Waals surface area (Å²) in [7, 11) is 0. The molecule has 0 aliphatic heterocycles. The van der Waals surface area contributed by atoms with Gasteiger partial charge in [-0.1, -0.05) is 18.2 Å². The lowest BCUT2D eigenvalue weighted by atomic mass is 10.1. The summed E-state index contributed by atoms with van der Waals surface area (Å²) in [6.45, 7) is 2.04. The summed E-state index contributed by atoms with van der Waals surface area (Å²) in [6.07, 6.45) is 1.71. The Hall–Kier alpha value is -2.17. The zero-order valence-corrected chi connectivity index (χ0v) is 9.94. The van der Waals surface area contributed by atoms with Crippen LogP contribution in [0.5, 0.6) is 0 Å². The Morgan fingerprint density at radius 1 is 1.44 bits per heavy atom. The molecule has 2 rings (SSSR count). The van der Waals surface area contributed by atoms with E-state index in [0.717, 1.165) is 0 Å². The number of hydrogen-bond acceptors (Lipinski definition) is 3. The average molecular weight is 248 g/mol. The maximum absolute atomic E-state index is 13.4. The van der Waals surface area contributed by atoms with E-state index in [9.17, 15) is 9.18 Å². The molecule has 1 aromatic carbocycles. The third kappa shape index (κ3) is 2.74. The van der Waals surface area contributed by atoms with Crippen molar-refractivity contribution in [3.8, 4) is 0 Å². The van der Waals surface area contributed by atoms with Crippen LogP contribution in [0.1, 0.15) is 28.8 Å². The lowest BCUT2D eigenvalue weighted by Crippen LogP contribution is -2.05. The van der Waals surface area contributed by atoms with Crippen molar-refractivity contribution in [3.63, 3.8) is 0 Å². The topological polar surface area (TPSA) is 55.0 Å². The number of aromatic nitrogens is 2. The monoisotopic (exact) mass is 248 g/mol. The third-order valence-electron chi connectivity index (χ3n) is 2.44. The van der Waals surface area contributed by atoms with Crippen LogP contribution in [-0.4, -0.2) is 22.5 Å². The molecule has 0 amide bonds. The van der Waals surface area contributed by atoms with E-state index in [1.165, 1.54) is 12.3 Å². The minimum atomic E-state index is -0.454. The minimum absolute atomic E-state index is 0.281. The highest BCUT2D eigenvalue weighted by molar-refractivity contribution is 5.86. The van der Waals surface area contributed by atoms with E-state index < -0.39 is 5.97 Å². The summed E-state index contributed by atoms with van der Waals surface area (Å²) in [5, 5.41) is 0. The molecule has 0 saturated carbocycles. The quantitative estimate of drug-likeness (QED) is 0.845. The fourth-order valence-corrected chi connectivity index (χ4v) is 1.59. The number of imidazole rings is 1. The number of carbonyl (C=O) groups is 1. The number of aromatic amines is 1. The zero-order chi connectivity index (χ0) is 13.0. The van der Waals surface area contributed by atoms with Crippen LogP contribution in [0, 0.1) is 5.82 Å². The molecule has 94 valence electrons. The Labute approximate surface area is 104 Å². The molecule has 0 atom stereocenters. The highest BCUT2D eigenvalue weighted by Gasteiger charge is 2.11. The van der Waals surface area contributed by atoms with Crippen LogP contribution in [0.4, 0.5) is 4.39 Å². The third-order valence-corrected chi connectivity index (χ3v) is 2.44. The van der Waals surface area contributed by atoms with Crippen LogP contribution >= 0.6 is 0 Å². The first-order chi connectivity index (χ1) is 8.70. The molecule has 0 radical (unpaired) electrons. The Morgan fingerprint density at radius 2 is 2.22 bits per heavy atom. The number of carbonyl (C=O) groups excluding carboxylic acids is 1. The first kappa shape index (κ1) is 12.3. The number of nitrogens with zero attached hydrogens (tertiary/aromatic N) is 1. The molecule has 5 heteroatoms. The van der Waals surface area contributed by atoms with Crippen LogP contribution in [0.2, 0.25) is 0 Å². The van der Waals surface area contributed by atoms with Gasteiger partial charge in [0.25, 0.3) is 0 Å². The van der Waals surface area contributed by atoms with E-state index >= 15 is 0 Å². The van der Waals surface area contributed by atoms with Gasteiger partial charge < -0.3 is 9.72 Å². The smallest absolute Gasteiger partial charge is 0.356 e. The van der Waals surface area contributed by atoms with Crippen LogP contribution in [0.25, 0.3) is 0 Å². The number of nitrogens with one attached hydrogen (secondary N) is 1. The number of H-pyrrole nitrogens is 1. The molecule has 18 heavy (non-hydrogen) atoms. The second-order valence-corrected chi connectivity index (χ2v) is 3.73. The molecule has 2 aromatic rings. The van der Waals surface area contributed by atoms with E-state index in [1.54, 1.807) is 25.1 Å². The predicted octanol–water partition coefficient (Wildman–Crippen LogP) is 2.32. The van der Waals surface area contributed by atoms with Crippen molar-refractivity contribution in [1.29, 1.82) is 0 Å². The molecule has 0 unspecified atom stereocenters. The highest BCUT2D eigenvalue weighted by Crippen LogP contribution is 2.11. The SMILES string of the molecule is CCOC(=O)c1cnc(Cc2ccccc2F)[nH]1.